The maximum absolute atomic E-state index is 12.1. The molecule has 0 radical (unpaired) electrons. The fourth-order valence-corrected chi connectivity index (χ4v) is 4.11. The van der Waals surface area contributed by atoms with Gasteiger partial charge in [0.1, 0.15) is 6.61 Å². The van der Waals surface area contributed by atoms with Crippen molar-refractivity contribution in [2.45, 2.75) is 142 Å². The second-order valence-electron chi connectivity index (χ2n) is 10.5. The molecule has 0 aliphatic rings. The first-order valence-corrected chi connectivity index (χ1v) is 16.3. The fraction of sp³-hybridized carbons (Fsp3) is 0.667. The van der Waals surface area contributed by atoms with E-state index < -0.39 is 6.10 Å². The Morgan fingerprint density at radius 3 is 1.59 bits per heavy atom. The van der Waals surface area contributed by atoms with E-state index in [9.17, 15) is 14.7 Å². The third-order valence-electron chi connectivity index (χ3n) is 6.58. The maximum Gasteiger partial charge on any atom is 0.306 e. The second kappa shape index (κ2) is 32.1. The van der Waals surface area contributed by atoms with Crippen LogP contribution in [-0.4, -0.2) is 36.4 Å². The number of unbranched alkanes of at least 4 members (excludes halogenated alkanes) is 10. The Hall–Kier alpha value is -2.40. The van der Waals surface area contributed by atoms with Crippen LogP contribution in [0.1, 0.15) is 136 Å². The highest BCUT2D eigenvalue weighted by Crippen LogP contribution is 2.11. The van der Waals surface area contributed by atoms with E-state index in [1.165, 1.54) is 32.1 Å². The predicted molar refractivity (Wildman–Crippen MR) is 173 cm³/mol. The molecule has 5 heteroatoms. The highest BCUT2D eigenvalue weighted by Gasteiger charge is 2.16. The van der Waals surface area contributed by atoms with Gasteiger partial charge in [-0.25, -0.2) is 0 Å². The number of rotatable bonds is 28. The van der Waals surface area contributed by atoms with Gasteiger partial charge < -0.3 is 14.6 Å². The van der Waals surface area contributed by atoms with Gasteiger partial charge in [0.25, 0.3) is 0 Å². The van der Waals surface area contributed by atoms with Gasteiger partial charge in [0.2, 0.25) is 0 Å². The molecule has 1 unspecified atom stereocenters. The van der Waals surface area contributed by atoms with E-state index in [-0.39, 0.29) is 25.2 Å². The lowest BCUT2D eigenvalue weighted by atomic mass is 10.1. The van der Waals surface area contributed by atoms with Crippen LogP contribution in [0, 0.1) is 0 Å². The molecule has 0 amide bonds. The van der Waals surface area contributed by atoms with Crippen LogP contribution >= 0.6 is 0 Å². The molecule has 0 rings (SSSR count). The lowest BCUT2D eigenvalue weighted by Crippen LogP contribution is -2.28. The van der Waals surface area contributed by atoms with Crippen molar-refractivity contribution in [3.8, 4) is 0 Å². The highest BCUT2D eigenvalue weighted by molar-refractivity contribution is 5.70. The molecule has 0 saturated carbocycles. The van der Waals surface area contributed by atoms with Gasteiger partial charge in [-0.3, -0.25) is 9.59 Å². The Morgan fingerprint density at radius 1 is 0.585 bits per heavy atom. The van der Waals surface area contributed by atoms with Gasteiger partial charge in [-0.1, -0.05) is 126 Å². The van der Waals surface area contributed by atoms with Crippen molar-refractivity contribution in [2.75, 3.05) is 13.2 Å². The molecule has 0 aliphatic carbocycles. The number of hydrogen-bond acceptors (Lipinski definition) is 5. The third-order valence-corrected chi connectivity index (χ3v) is 6.58. The van der Waals surface area contributed by atoms with Crippen molar-refractivity contribution in [2.24, 2.45) is 0 Å². The summed E-state index contributed by atoms with van der Waals surface area (Å²) in [5, 5.41) is 9.47. The Morgan fingerprint density at radius 2 is 1.05 bits per heavy atom. The fourth-order valence-electron chi connectivity index (χ4n) is 4.11. The SMILES string of the molecule is CC/C=C\C/C=C\C/C=C\C/C=C\C/C=C\CCCCCC(=O)OC(CO)COC(=O)CCCCCCCCCC. The number of allylic oxidation sites excluding steroid dienone is 10. The van der Waals surface area contributed by atoms with Crippen LogP contribution in [-0.2, 0) is 19.1 Å². The average molecular weight is 573 g/mol. The van der Waals surface area contributed by atoms with E-state index in [1.54, 1.807) is 0 Å². The number of hydrogen-bond donors (Lipinski definition) is 1. The average Bonchev–Trinajstić information content (AvgIpc) is 2.97. The lowest BCUT2D eigenvalue weighted by molar-refractivity contribution is -0.161. The molecule has 0 aromatic rings. The number of carbonyl (C=O) groups excluding carboxylic acids is 2. The van der Waals surface area contributed by atoms with Gasteiger partial charge >= 0.3 is 11.9 Å². The van der Waals surface area contributed by atoms with E-state index in [1.807, 2.05) is 0 Å². The van der Waals surface area contributed by atoms with Gasteiger partial charge in [-0.2, -0.15) is 0 Å². The zero-order chi connectivity index (χ0) is 30.1. The predicted octanol–water partition coefficient (Wildman–Crippen LogP) is 9.67. The molecule has 0 aromatic heterocycles. The van der Waals surface area contributed by atoms with Crippen LogP contribution < -0.4 is 0 Å². The van der Waals surface area contributed by atoms with E-state index in [0.29, 0.717) is 12.8 Å². The molecule has 41 heavy (non-hydrogen) atoms. The number of aliphatic hydroxyl groups excluding tert-OH is 1. The van der Waals surface area contributed by atoms with Crippen LogP contribution in [0.5, 0.6) is 0 Å². The summed E-state index contributed by atoms with van der Waals surface area (Å²) >= 11 is 0. The number of ether oxygens (including phenoxy) is 2. The summed E-state index contributed by atoms with van der Waals surface area (Å²) in [6.45, 7) is 3.93. The second-order valence-corrected chi connectivity index (χ2v) is 10.5. The van der Waals surface area contributed by atoms with Crippen molar-refractivity contribution < 1.29 is 24.2 Å². The Balaban J connectivity index is 3.70. The Bertz CT molecular complexity index is 747. The first kappa shape index (κ1) is 38.6. The quantitative estimate of drug-likeness (QED) is 0.0574. The van der Waals surface area contributed by atoms with E-state index >= 15 is 0 Å². The van der Waals surface area contributed by atoms with Gasteiger partial charge in [0, 0.05) is 12.8 Å². The van der Waals surface area contributed by atoms with Crippen molar-refractivity contribution in [1.82, 2.24) is 0 Å². The standard InChI is InChI=1S/C36H60O5/c1-3-5-7-9-11-13-14-15-16-17-18-19-20-21-22-23-25-27-29-31-36(39)41-34(32-37)33-40-35(38)30-28-26-24-12-10-8-6-4-2/h5,7,11,13,15-16,18-19,21-22,34,37H,3-4,6,8-10,12,14,17,20,23-33H2,1-2H3/b7-5-,13-11-,16-15-,19-18-,22-21-. The molecular weight excluding hydrogens is 512 g/mol. The zero-order valence-corrected chi connectivity index (χ0v) is 26.3. The van der Waals surface area contributed by atoms with Gasteiger partial charge in [0.15, 0.2) is 6.10 Å². The number of aliphatic hydroxyl groups is 1. The molecule has 0 heterocycles. The van der Waals surface area contributed by atoms with Crippen molar-refractivity contribution in [1.29, 1.82) is 0 Å². The number of carbonyl (C=O) groups is 2. The van der Waals surface area contributed by atoms with Crippen LogP contribution in [0.15, 0.2) is 60.8 Å². The van der Waals surface area contributed by atoms with Gasteiger partial charge in [-0.05, 0) is 57.8 Å². The molecule has 0 aromatic carbocycles. The number of esters is 2. The topological polar surface area (TPSA) is 72.8 Å². The van der Waals surface area contributed by atoms with E-state index in [2.05, 4.69) is 74.6 Å². The van der Waals surface area contributed by atoms with Crippen molar-refractivity contribution >= 4 is 11.9 Å². The summed E-state index contributed by atoms with van der Waals surface area (Å²) in [7, 11) is 0. The molecule has 5 nitrogen and oxygen atoms in total. The molecule has 0 saturated heterocycles. The molecule has 0 aliphatic heterocycles. The van der Waals surface area contributed by atoms with Gasteiger partial charge in [0.05, 0.1) is 6.61 Å². The van der Waals surface area contributed by atoms with Crippen molar-refractivity contribution in [3.05, 3.63) is 60.8 Å². The summed E-state index contributed by atoms with van der Waals surface area (Å²) in [6, 6.07) is 0. The molecule has 0 spiro atoms. The minimum Gasteiger partial charge on any atom is -0.462 e. The van der Waals surface area contributed by atoms with Crippen LogP contribution in [0.25, 0.3) is 0 Å². The summed E-state index contributed by atoms with van der Waals surface area (Å²) in [5.74, 6) is -0.640. The maximum atomic E-state index is 12.1. The zero-order valence-electron chi connectivity index (χ0n) is 26.3. The molecule has 234 valence electrons. The largest absolute Gasteiger partial charge is 0.462 e. The Labute approximate surface area is 251 Å². The highest BCUT2D eigenvalue weighted by atomic mass is 16.6. The third kappa shape index (κ3) is 30.4. The smallest absolute Gasteiger partial charge is 0.306 e. The normalized spacial score (nSPS) is 13.0. The van der Waals surface area contributed by atoms with Gasteiger partial charge in [-0.15, -0.1) is 0 Å². The van der Waals surface area contributed by atoms with E-state index in [4.69, 9.17) is 9.47 Å². The molecule has 0 bridgehead atoms. The summed E-state index contributed by atoms with van der Waals surface area (Å²) in [5.41, 5.74) is 0. The molecular formula is C36H60O5. The summed E-state index contributed by atoms with van der Waals surface area (Å²) < 4.78 is 10.5. The van der Waals surface area contributed by atoms with E-state index in [0.717, 1.165) is 77.0 Å². The first-order valence-electron chi connectivity index (χ1n) is 16.3. The minimum absolute atomic E-state index is 0.0812. The monoisotopic (exact) mass is 572 g/mol. The summed E-state index contributed by atoms with van der Waals surface area (Å²) in [4.78, 5) is 24.0. The Kier molecular flexibility index (Phi) is 30.2. The molecule has 1 atom stereocenters. The van der Waals surface area contributed by atoms with Crippen LogP contribution in [0.4, 0.5) is 0 Å². The van der Waals surface area contributed by atoms with Crippen molar-refractivity contribution in [3.63, 3.8) is 0 Å². The van der Waals surface area contributed by atoms with Crippen LogP contribution in [0.2, 0.25) is 0 Å². The lowest BCUT2D eigenvalue weighted by Gasteiger charge is -2.15. The summed E-state index contributed by atoms with van der Waals surface area (Å²) in [6.07, 6.45) is 39.9. The molecule has 1 N–H and O–H groups in total. The molecule has 0 fully saturated rings. The minimum atomic E-state index is -0.786. The van der Waals surface area contributed by atoms with Crippen LogP contribution in [0.3, 0.4) is 0 Å². The first-order chi connectivity index (χ1) is 20.1.